The summed E-state index contributed by atoms with van der Waals surface area (Å²) in [6, 6.07) is -0.537. The van der Waals surface area contributed by atoms with E-state index in [0.717, 1.165) is 6.42 Å². The number of nitrogens with two attached hydrogens (primary N) is 1. The van der Waals surface area contributed by atoms with Crippen molar-refractivity contribution in [1.82, 2.24) is 5.01 Å². The standard InChI is InChI=1S/C6H10N2O2/c7-8-4-2-1-3-5(8)6(9)10/h2,4-5H,1,3,7H2,(H,9,10). The molecule has 0 aromatic heterocycles. The number of carbonyl (C=O) groups is 1. The monoisotopic (exact) mass is 142 g/mol. The summed E-state index contributed by atoms with van der Waals surface area (Å²) in [7, 11) is 0. The van der Waals surface area contributed by atoms with E-state index in [4.69, 9.17) is 10.9 Å². The highest BCUT2D eigenvalue weighted by atomic mass is 16.4. The number of hydrogen-bond acceptors (Lipinski definition) is 3. The molecule has 0 fully saturated rings. The van der Waals surface area contributed by atoms with E-state index >= 15 is 0 Å². The van der Waals surface area contributed by atoms with Crippen molar-refractivity contribution in [2.45, 2.75) is 18.9 Å². The SMILES string of the molecule is NN1C=CCCC1C(=O)O. The van der Waals surface area contributed by atoms with Crippen molar-refractivity contribution in [1.29, 1.82) is 0 Å². The molecule has 0 aromatic carbocycles. The lowest BCUT2D eigenvalue weighted by atomic mass is 10.1. The maximum absolute atomic E-state index is 10.4. The summed E-state index contributed by atoms with van der Waals surface area (Å²) in [5.74, 6) is 4.49. The van der Waals surface area contributed by atoms with E-state index in [1.807, 2.05) is 6.08 Å². The summed E-state index contributed by atoms with van der Waals surface area (Å²) in [4.78, 5) is 10.4. The molecule has 0 amide bonds. The zero-order valence-electron chi connectivity index (χ0n) is 5.53. The van der Waals surface area contributed by atoms with E-state index in [0.29, 0.717) is 6.42 Å². The lowest BCUT2D eigenvalue weighted by Gasteiger charge is -2.24. The summed E-state index contributed by atoms with van der Waals surface area (Å²) in [6.07, 6.45) is 4.86. The molecule has 1 heterocycles. The van der Waals surface area contributed by atoms with Gasteiger partial charge in [-0.2, -0.15) is 0 Å². The van der Waals surface area contributed by atoms with E-state index in [1.54, 1.807) is 6.20 Å². The van der Waals surface area contributed by atoms with Crippen molar-refractivity contribution in [3.63, 3.8) is 0 Å². The second kappa shape index (κ2) is 2.70. The van der Waals surface area contributed by atoms with Gasteiger partial charge in [0.2, 0.25) is 0 Å². The summed E-state index contributed by atoms with van der Waals surface area (Å²) in [6.45, 7) is 0. The first kappa shape index (κ1) is 7.08. The number of aliphatic carboxylic acids is 1. The molecule has 1 aliphatic rings. The van der Waals surface area contributed by atoms with Crippen LogP contribution in [0.1, 0.15) is 12.8 Å². The lowest BCUT2D eigenvalue weighted by Crippen LogP contribution is -2.43. The van der Waals surface area contributed by atoms with Crippen LogP contribution in [-0.4, -0.2) is 22.1 Å². The molecular weight excluding hydrogens is 132 g/mol. The van der Waals surface area contributed by atoms with Gasteiger partial charge in [-0.1, -0.05) is 6.08 Å². The van der Waals surface area contributed by atoms with E-state index in [9.17, 15) is 4.79 Å². The highest BCUT2D eigenvalue weighted by Gasteiger charge is 2.22. The third-order valence-corrected chi connectivity index (χ3v) is 1.53. The van der Waals surface area contributed by atoms with Crippen molar-refractivity contribution in [2.24, 2.45) is 5.84 Å². The fraction of sp³-hybridized carbons (Fsp3) is 0.500. The fourth-order valence-corrected chi connectivity index (χ4v) is 0.954. The zero-order valence-corrected chi connectivity index (χ0v) is 5.53. The Morgan fingerprint density at radius 1 is 1.80 bits per heavy atom. The normalized spacial score (nSPS) is 24.9. The fourth-order valence-electron chi connectivity index (χ4n) is 0.954. The third kappa shape index (κ3) is 1.27. The summed E-state index contributed by atoms with van der Waals surface area (Å²) in [5, 5.41) is 9.78. The maximum Gasteiger partial charge on any atom is 0.327 e. The van der Waals surface area contributed by atoms with Crippen molar-refractivity contribution in [3.05, 3.63) is 12.3 Å². The zero-order chi connectivity index (χ0) is 7.56. The van der Waals surface area contributed by atoms with Gasteiger partial charge in [-0.25, -0.2) is 10.6 Å². The van der Waals surface area contributed by atoms with Gasteiger partial charge in [0.1, 0.15) is 6.04 Å². The van der Waals surface area contributed by atoms with Crippen molar-refractivity contribution in [3.8, 4) is 0 Å². The Morgan fingerprint density at radius 3 is 2.90 bits per heavy atom. The predicted octanol–water partition coefficient (Wildman–Crippen LogP) is -0.0772. The van der Waals surface area contributed by atoms with Crippen LogP contribution in [0.15, 0.2) is 12.3 Å². The first-order chi connectivity index (χ1) is 4.72. The molecule has 0 aliphatic carbocycles. The summed E-state index contributed by atoms with van der Waals surface area (Å²) < 4.78 is 0. The highest BCUT2D eigenvalue weighted by Crippen LogP contribution is 2.10. The van der Waals surface area contributed by atoms with Crippen LogP contribution < -0.4 is 5.84 Å². The quantitative estimate of drug-likeness (QED) is 0.502. The molecule has 1 aliphatic heterocycles. The van der Waals surface area contributed by atoms with Gasteiger partial charge < -0.3 is 10.1 Å². The van der Waals surface area contributed by atoms with Crippen molar-refractivity contribution in [2.75, 3.05) is 0 Å². The van der Waals surface area contributed by atoms with Gasteiger partial charge in [0, 0.05) is 6.20 Å². The molecule has 0 saturated heterocycles. The largest absolute Gasteiger partial charge is 0.480 e. The van der Waals surface area contributed by atoms with Crippen LogP contribution in [0.25, 0.3) is 0 Å². The first-order valence-electron chi connectivity index (χ1n) is 3.14. The minimum Gasteiger partial charge on any atom is -0.480 e. The lowest BCUT2D eigenvalue weighted by molar-refractivity contribution is -0.142. The van der Waals surface area contributed by atoms with Crippen LogP contribution in [0.3, 0.4) is 0 Å². The Labute approximate surface area is 58.9 Å². The number of hydrazine groups is 1. The van der Waals surface area contributed by atoms with Gasteiger partial charge in [0.15, 0.2) is 0 Å². The number of rotatable bonds is 1. The van der Waals surface area contributed by atoms with Crippen LogP contribution in [-0.2, 0) is 4.79 Å². The topological polar surface area (TPSA) is 66.6 Å². The summed E-state index contributed by atoms with van der Waals surface area (Å²) >= 11 is 0. The Balaban J connectivity index is 2.60. The number of hydrogen-bond donors (Lipinski definition) is 2. The van der Waals surface area contributed by atoms with Crippen molar-refractivity contribution >= 4 is 5.97 Å². The molecule has 0 aromatic rings. The molecule has 1 rings (SSSR count). The molecule has 0 spiro atoms. The highest BCUT2D eigenvalue weighted by molar-refractivity contribution is 5.73. The number of nitrogens with zero attached hydrogens (tertiary/aromatic N) is 1. The molecule has 4 heteroatoms. The molecule has 4 nitrogen and oxygen atoms in total. The van der Waals surface area contributed by atoms with Crippen LogP contribution >= 0.6 is 0 Å². The Hall–Kier alpha value is -1.03. The summed E-state index contributed by atoms with van der Waals surface area (Å²) in [5.41, 5.74) is 0. The van der Waals surface area contributed by atoms with E-state index in [-0.39, 0.29) is 0 Å². The average Bonchev–Trinajstić information content (AvgIpc) is 1.88. The molecular formula is C6H10N2O2. The van der Waals surface area contributed by atoms with Crippen LogP contribution in [0.5, 0.6) is 0 Å². The molecule has 0 saturated carbocycles. The smallest absolute Gasteiger partial charge is 0.327 e. The molecule has 1 unspecified atom stereocenters. The number of allylic oxidation sites excluding steroid dienone is 1. The van der Waals surface area contributed by atoms with Gasteiger partial charge in [-0.3, -0.25) is 0 Å². The molecule has 10 heavy (non-hydrogen) atoms. The maximum atomic E-state index is 10.4. The average molecular weight is 142 g/mol. The van der Waals surface area contributed by atoms with E-state index in [2.05, 4.69) is 0 Å². The van der Waals surface area contributed by atoms with E-state index in [1.165, 1.54) is 5.01 Å². The molecule has 0 bridgehead atoms. The van der Waals surface area contributed by atoms with Crippen LogP contribution in [0.2, 0.25) is 0 Å². The molecule has 0 radical (unpaired) electrons. The molecule has 56 valence electrons. The van der Waals surface area contributed by atoms with E-state index < -0.39 is 12.0 Å². The van der Waals surface area contributed by atoms with Gasteiger partial charge in [-0.15, -0.1) is 0 Å². The second-order valence-corrected chi connectivity index (χ2v) is 2.26. The Bertz CT molecular complexity index is 167. The Kier molecular flexibility index (Phi) is 1.91. The third-order valence-electron chi connectivity index (χ3n) is 1.53. The molecule has 1 atom stereocenters. The minimum absolute atomic E-state index is 0.537. The van der Waals surface area contributed by atoms with Gasteiger partial charge in [-0.05, 0) is 12.8 Å². The number of carboxylic acids is 1. The van der Waals surface area contributed by atoms with Crippen LogP contribution in [0.4, 0.5) is 0 Å². The van der Waals surface area contributed by atoms with Gasteiger partial charge in [0.25, 0.3) is 0 Å². The Morgan fingerprint density at radius 2 is 2.50 bits per heavy atom. The van der Waals surface area contributed by atoms with Crippen molar-refractivity contribution < 1.29 is 9.90 Å². The number of carboxylic acid groups (broad SMARTS) is 1. The second-order valence-electron chi connectivity index (χ2n) is 2.26. The van der Waals surface area contributed by atoms with Crippen LogP contribution in [0, 0.1) is 0 Å². The molecule has 3 N–H and O–H groups in total. The predicted molar refractivity (Wildman–Crippen MR) is 35.8 cm³/mol. The first-order valence-corrected chi connectivity index (χ1v) is 3.14. The minimum atomic E-state index is -0.855. The van der Waals surface area contributed by atoms with Gasteiger partial charge >= 0.3 is 5.97 Å². The van der Waals surface area contributed by atoms with Gasteiger partial charge in [0.05, 0.1) is 0 Å².